The number of nitro benzene ring substituents is 1. The second-order valence-corrected chi connectivity index (χ2v) is 4.91. The van der Waals surface area contributed by atoms with Gasteiger partial charge in [-0.2, -0.15) is 0 Å². The lowest BCUT2D eigenvalue weighted by atomic mass is 10.2. The third kappa shape index (κ3) is 3.14. The minimum atomic E-state index is -4.11. The van der Waals surface area contributed by atoms with E-state index in [0.29, 0.717) is 6.54 Å². The Morgan fingerprint density at radius 2 is 2.12 bits per heavy atom. The van der Waals surface area contributed by atoms with Crippen LogP contribution in [0.2, 0.25) is 0 Å². The summed E-state index contributed by atoms with van der Waals surface area (Å²) in [6.07, 6.45) is 0.761. The quantitative estimate of drug-likeness (QED) is 0.606. The average molecular weight is 259 g/mol. The lowest BCUT2D eigenvalue weighted by Crippen LogP contribution is -2.15. The number of nitrogens with one attached hydrogen (secondary N) is 1. The highest BCUT2D eigenvalue weighted by Crippen LogP contribution is 2.31. The molecule has 1 aromatic rings. The summed E-state index contributed by atoms with van der Waals surface area (Å²) >= 11 is 0. The molecule has 0 aromatic heterocycles. The first-order valence-electron chi connectivity index (χ1n) is 4.92. The van der Waals surface area contributed by atoms with Crippen LogP contribution in [-0.4, -0.2) is 19.9 Å². The second kappa shape index (κ2) is 5.11. The van der Waals surface area contributed by atoms with E-state index in [0.717, 1.165) is 12.5 Å². The first-order valence-corrected chi connectivity index (χ1v) is 6.46. The van der Waals surface area contributed by atoms with Gasteiger partial charge in [0.15, 0.2) is 4.90 Å². The second-order valence-electron chi connectivity index (χ2n) is 3.38. The molecule has 0 saturated carbocycles. The van der Waals surface area contributed by atoms with Gasteiger partial charge < -0.3 is 5.32 Å². The van der Waals surface area contributed by atoms with Crippen molar-refractivity contribution in [2.24, 2.45) is 5.14 Å². The number of benzene rings is 1. The van der Waals surface area contributed by atoms with Crippen LogP contribution in [-0.2, 0) is 10.0 Å². The van der Waals surface area contributed by atoms with Gasteiger partial charge in [0.05, 0.1) is 4.92 Å². The van der Waals surface area contributed by atoms with E-state index >= 15 is 0 Å². The maximum Gasteiger partial charge on any atom is 0.312 e. The minimum absolute atomic E-state index is 0.156. The molecule has 0 amide bonds. The van der Waals surface area contributed by atoms with Gasteiger partial charge in [-0.3, -0.25) is 10.1 Å². The van der Waals surface area contributed by atoms with Crippen molar-refractivity contribution in [2.45, 2.75) is 18.2 Å². The SMILES string of the molecule is CCCNc1cccc(S(N)(=O)=O)c1[N+](=O)[O-]. The Bertz CT molecular complexity index is 527. The number of hydrogen-bond acceptors (Lipinski definition) is 5. The van der Waals surface area contributed by atoms with Crippen molar-refractivity contribution in [3.8, 4) is 0 Å². The summed E-state index contributed by atoms with van der Waals surface area (Å²) in [6.45, 7) is 2.40. The van der Waals surface area contributed by atoms with Crippen molar-refractivity contribution >= 4 is 21.4 Å². The fraction of sp³-hybridized carbons (Fsp3) is 0.333. The summed E-state index contributed by atoms with van der Waals surface area (Å²) in [5, 5.41) is 18.6. The van der Waals surface area contributed by atoms with Crippen molar-refractivity contribution in [1.82, 2.24) is 0 Å². The molecule has 0 atom stereocenters. The van der Waals surface area contributed by atoms with Crippen LogP contribution in [0.1, 0.15) is 13.3 Å². The first kappa shape index (κ1) is 13.4. The normalized spacial score (nSPS) is 11.2. The Kier molecular flexibility index (Phi) is 4.02. The summed E-state index contributed by atoms with van der Waals surface area (Å²) in [5.74, 6) is 0. The molecule has 0 heterocycles. The predicted molar refractivity (Wildman–Crippen MR) is 63.3 cm³/mol. The van der Waals surface area contributed by atoms with Crippen molar-refractivity contribution < 1.29 is 13.3 Å². The van der Waals surface area contributed by atoms with Crippen molar-refractivity contribution in [3.05, 3.63) is 28.3 Å². The zero-order valence-electron chi connectivity index (χ0n) is 9.21. The molecule has 0 saturated heterocycles. The molecule has 1 rings (SSSR count). The first-order chi connectivity index (χ1) is 7.88. The number of nitro groups is 1. The lowest BCUT2D eigenvalue weighted by molar-refractivity contribution is -0.386. The lowest BCUT2D eigenvalue weighted by Gasteiger charge is -2.08. The highest BCUT2D eigenvalue weighted by Gasteiger charge is 2.26. The van der Waals surface area contributed by atoms with E-state index in [2.05, 4.69) is 5.32 Å². The number of nitrogens with two attached hydrogens (primary N) is 1. The maximum absolute atomic E-state index is 11.2. The van der Waals surface area contributed by atoms with Gasteiger partial charge in [0.1, 0.15) is 5.69 Å². The molecule has 0 spiro atoms. The van der Waals surface area contributed by atoms with Crippen molar-refractivity contribution in [3.63, 3.8) is 0 Å². The summed E-state index contributed by atoms with van der Waals surface area (Å²) in [7, 11) is -4.11. The van der Waals surface area contributed by atoms with Gasteiger partial charge >= 0.3 is 5.69 Å². The molecule has 0 bridgehead atoms. The average Bonchev–Trinajstić information content (AvgIpc) is 2.24. The van der Waals surface area contributed by atoms with Gasteiger partial charge in [-0.25, -0.2) is 13.6 Å². The Morgan fingerprint density at radius 1 is 1.47 bits per heavy atom. The highest BCUT2D eigenvalue weighted by molar-refractivity contribution is 7.89. The molecule has 7 nitrogen and oxygen atoms in total. The van der Waals surface area contributed by atoms with Gasteiger partial charge in [-0.05, 0) is 18.6 Å². The third-order valence-electron chi connectivity index (χ3n) is 2.05. The molecular weight excluding hydrogens is 246 g/mol. The Hall–Kier alpha value is -1.67. The van der Waals surface area contributed by atoms with E-state index < -0.39 is 25.5 Å². The number of anilines is 1. The fourth-order valence-electron chi connectivity index (χ4n) is 1.34. The molecule has 0 fully saturated rings. The number of para-hydroxylation sites is 1. The van der Waals surface area contributed by atoms with E-state index in [-0.39, 0.29) is 5.69 Å². The summed E-state index contributed by atoms with van der Waals surface area (Å²) < 4.78 is 22.5. The number of sulfonamides is 1. The van der Waals surface area contributed by atoms with E-state index in [9.17, 15) is 18.5 Å². The number of primary sulfonamides is 1. The topological polar surface area (TPSA) is 115 Å². The van der Waals surface area contributed by atoms with Gasteiger partial charge in [-0.1, -0.05) is 13.0 Å². The highest BCUT2D eigenvalue weighted by atomic mass is 32.2. The smallest absolute Gasteiger partial charge is 0.312 e. The van der Waals surface area contributed by atoms with Crippen molar-refractivity contribution in [2.75, 3.05) is 11.9 Å². The Balaban J connectivity index is 3.38. The van der Waals surface area contributed by atoms with E-state index in [4.69, 9.17) is 5.14 Å². The fourth-order valence-corrected chi connectivity index (χ4v) is 2.06. The van der Waals surface area contributed by atoms with Gasteiger partial charge in [0, 0.05) is 6.54 Å². The minimum Gasteiger partial charge on any atom is -0.379 e. The molecule has 0 unspecified atom stereocenters. The molecule has 8 heteroatoms. The standard InChI is InChI=1S/C9H13N3O4S/c1-2-6-11-7-4-3-5-8(17(10,15)16)9(7)12(13)14/h3-5,11H,2,6H2,1H3,(H2,10,15,16). The Morgan fingerprint density at radius 3 is 2.59 bits per heavy atom. The third-order valence-corrected chi connectivity index (χ3v) is 3.00. The van der Waals surface area contributed by atoms with E-state index in [1.54, 1.807) is 0 Å². The largest absolute Gasteiger partial charge is 0.379 e. The van der Waals surface area contributed by atoms with Crippen LogP contribution in [0.25, 0.3) is 0 Å². The van der Waals surface area contributed by atoms with Crippen LogP contribution < -0.4 is 10.5 Å². The van der Waals surface area contributed by atoms with Crippen LogP contribution in [0.15, 0.2) is 23.1 Å². The molecule has 1 aromatic carbocycles. The molecule has 0 aliphatic heterocycles. The van der Waals surface area contributed by atoms with Crippen LogP contribution in [0.4, 0.5) is 11.4 Å². The Labute approximate surface area is 98.8 Å². The van der Waals surface area contributed by atoms with Crippen LogP contribution in [0.3, 0.4) is 0 Å². The molecule has 0 aliphatic carbocycles. The van der Waals surface area contributed by atoms with Gasteiger partial charge in [-0.15, -0.1) is 0 Å². The zero-order chi connectivity index (χ0) is 13.1. The molecule has 17 heavy (non-hydrogen) atoms. The molecule has 94 valence electrons. The van der Waals surface area contributed by atoms with E-state index in [1.807, 2.05) is 6.92 Å². The van der Waals surface area contributed by atoms with Crippen LogP contribution in [0.5, 0.6) is 0 Å². The number of hydrogen-bond donors (Lipinski definition) is 2. The maximum atomic E-state index is 11.2. The molecule has 3 N–H and O–H groups in total. The number of nitrogens with zero attached hydrogens (tertiary/aromatic N) is 1. The zero-order valence-corrected chi connectivity index (χ0v) is 10.0. The number of rotatable bonds is 5. The molecular formula is C9H13N3O4S. The summed E-state index contributed by atoms with van der Waals surface area (Å²) in [4.78, 5) is 9.66. The predicted octanol–water partition coefficient (Wildman–Crippen LogP) is 1.06. The van der Waals surface area contributed by atoms with Crippen molar-refractivity contribution in [1.29, 1.82) is 0 Å². The molecule has 0 aliphatic rings. The molecule has 0 radical (unpaired) electrons. The van der Waals surface area contributed by atoms with Gasteiger partial charge in [0.25, 0.3) is 0 Å². The van der Waals surface area contributed by atoms with E-state index in [1.165, 1.54) is 12.1 Å². The van der Waals surface area contributed by atoms with Crippen LogP contribution in [0, 0.1) is 10.1 Å². The summed E-state index contributed by atoms with van der Waals surface area (Å²) in [5.41, 5.74) is -0.355. The van der Waals surface area contributed by atoms with Gasteiger partial charge in [0.2, 0.25) is 10.0 Å². The summed E-state index contributed by atoms with van der Waals surface area (Å²) in [6, 6.07) is 3.97. The monoisotopic (exact) mass is 259 g/mol. The van der Waals surface area contributed by atoms with Crippen LogP contribution >= 0.6 is 0 Å².